The highest BCUT2D eigenvalue weighted by atomic mass is 35.5. The fraction of sp³-hybridized carbons (Fsp3) is 0.167. The van der Waals surface area contributed by atoms with E-state index in [4.69, 9.17) is 16.0 Å². The Morgan fingerprint density at radius 2 is 2.44 bits per heavy atom. The molecule has 0 aromatic carbocycles. The van der Waals surface area contributed by atoms with Gasteiger partial charge in [-0.25, -0.2) is 0 Å². The summed E-state index contributed by atoms with van der Waals surface area (Å²) >= 11 is 5.45. The molecular weight excluding hydrogens is 140 g/mol. The highest BCUT2D eigenvalue weighted by Crippen LogP contribution is 2.17. The lowest BCUT2D eigenvalue weighted by Crippen LogP contribution is -1.70. The van der Waals surface area contributed by atoms with Crippen LogP contribution in [0.1, 0.15) is 16.1 Å². The lowest BCUT2D eigenvalue weighted by molar-refractivity contribution is 0.112. The summed E-state index contributed by atoms with van der Waals surface area (Å²) in [5, 5.41) is 0.169. The molecule has 0 fully saturated rings. The van der Waals surface area contributed by atoms with Crippen LogP contribution in [0.5, 0.6) is 0 Å². The van der Waals surface area contributed by atoms with Crippen molar-refractivity contribution in [2.45, 2.75) is 6.92 Å². The molecule has 0 saturated carbocycles. The maximum absolute atomic E-state index is 10.1. The van der Waals surface area contributed by atoms with E-state index in [2.05, 4.69) is 0 Å². The first-order valence-corrected chi connectivity index (χ1v) is 2.83. The Morgan fingerprint density at radius 1 is 1.78 bits per heavy atom. The lowest BCUT2D eigenvalue weighted by Gasteiger charge is -1.76. The molecule has 0 spiro atoms. The second-order valence-corrected chi connectivity index (χ2v) is 2.05. The van der Waals surface area contributed by atoms with E-state index >= 15 is 0 Å². The van der Waals surface area contributed by atoms with Crippen molar-refractivity contribution in [3.63, 3.8) is 0 Å². The van der Waals surface area contributed by atoms with Gasteiger partial charge < -0.3 is 4.42 Å². The minimum absolute atomic E-state index is 0.169. The number of rotatable bonds is 1. The number of hydrogen-bond acceptors (Lipinski definition) is 2. The first-order valence-electron chi connectivity index (χ1n) is 2.45. The van der Waals surface area contributed by atoms with Gasteiger partial charge in [-0.05, 0) is 24.6 Å². The third-order valence-electron chi connectivity index (χ3n) is 0.963. The zero-order valence-corrected chi connectivity index (χ0v) is 5.61. The SMILES string of the molecule is Cc1cc(C=O)c(Cl)o1. The standard InChI is InChI=1S/C6H5ClO2/c1-4-2-5(3-8)6(7)9-4/h2-3H,1H3. The van der Waals surface area contributed by atoms with Crippen LogP contribution in [0.3, 0.4) is 0 Å². The highest BCUT2D eigenvalue weighted by Gasteiger charge is 2.02. The molecule has 0 aliphatic rings. The second kappa shape index (κ2) is 2.23. The predicted molar refractivity (Wildman–Crippen MR) is 33.8 cm³/mol. The highest BCUT2D eigenvalue weighted by molar-refractivity contribution is 6.31. The average molecular weight is 145 g/mol. The summed E-state index contributed by atoms with van der Waals surface area (Å²) in [5.74, 6) is 0.655. The van der Waals surface area contributed by atoms with Gasteiger partial charge in [-0.1, -0.05) is 0 Å². The van der Waals surface area contributed by atoms with E-state index in [1.54, 1.807) is 13.0 Å². The largest absolute Gasteiger partial charge is 0.449 e. The number of furan rings is 1. The monoisotopic (exact) mass is 144 g/mol. The number of aryl methyl sites for hydroxylation is 1. The van der Waals surface area contributed by atoms with Crippen molar-refractivity contribution in [2.75, 3.05) is 0 Å². The van der Waals surface area contributed by atoms with Crippen LogP contribution in [0.2, 0.25) is 5.22 Å². The van der Waals surface area contributed by atoms with Crippen molar-refractivity contribution in [1.29, 1.82) is 0 Å². The van der Waals surface area contributed by atoms with Crippen molar-refractivity contribution < 1.29 is 9.21 Å². The van der Waals surface area contributed by atoms with E-state index in [-0.39, 0.29) is 5.22 Å². The van der Waals surface area contributed by atoms with Crippen LogP contribution in [0.15, 0.2) is 10.5 Å². The van der Waals surface area contributed by atoms with Crippen LogP contribution >= 0.6 is 11.6 Å². The minimum Gasteiger partial charge on any atom is -0.449 e. The fourth-order valence-corrected chi connectivity index (χ4v) is 0.807. The van der Waals surface area contributed by atoms with Crippen molar-refractivity contribution >= 4 is 17.9 Å². The second-order valence-electron chi connectivity index (χ2n) is 1.70. The quantitative estimate of drug-likeness (QED) is 0.565. The van der Waals surface area contributed by atoms with E-state index in [1.807, 2.05) is 0 Å². The summed E-state index contributed by atoms with van der Waals surface area (Å²) in [6, 6.07) is 1.59. The summed E-state index contributed by atoms with van der Waals surface area (Å²) in [6.45, 7) is 1.74. The number of carbonyl (C=O) groups excluding carboxylic acids is 1. The van der Waals surface area contributed by atoms with Gasteiger partial charge in [-0.3, -0.25) is 4.79 Å². The van der Waals surface area contributed by atoms with Crippen LogP contribution in [-0.2, 0) is 0 Å². The molecule has 0 bridgehead atoms. The zero-order chi connectivity index (χ0) is 6.85. The van der Waals surface area contributed by atoms with Crippen molar-refractivity contribution in [2.24, 2.45) is 0 Å². The van der Waals surface area contributed by atoms with E-state index in [0.717, 1.165) is 0 Å². The Kier molecular flexibility index (Phi) is 1.58. The van der Waals surface area contributed by atoms with Gasteiger partial charge >= 0.3 is 0 Å². The lowest BCUT2D eigenvalue weighted by atomic mass is 10.3. The maximum Gasteiger partial charge on any atom is 0.203 e. The number of aldehydes is 1. The molecule has 9 heavy (non-hydrogen) atoms. The molecule has 0 aliphatic carbocycles. The molecular formula is C6H5ClO2. The van der Waals surface area contributed by atoms with E-state index in [0.29, 0.717) is 17.6 Å². The van der Waals surface area contributed by atoms with Crippen LogP contribution < -0.4 is 0 Å². The van der Waals surface area contributed by atoms with E-state index in [1.165, 1.54) is 0 Å². The van der Waals surface area contributed by atoms with Gasteiger partial charge in [-0.2, -0.15) is 0 Å². The molecule has 1 aromatic rings. The Balaban J connectivity index is 3.15. The Morgan fingerprint density at radius 3 is 2.67 bits per heavy atom. The predicted octanol–water partition coefficient (Wildman–Crippen LogP) is 2.05. The Bertz CT molecular complexity index is 227. The van der Waals surface area contributed by atoms with Gasteiger partial charge in [0.15, 0.2) is 6.29 Å². The average Bonchev–Trinajstić information content (AvgIpc) is 2.10. The van der Waals surface area contributed by atoms with E-state index < -0.39 is 0 Å². The molecule has 2 nitrogen and oxygen atoms in total. The summed E-state index contributed by atoms with van der Waals surface area (Å²) < 4.78 is 4.84. The molecule has 3 heteroatoms. The molecule has 0 N–H and O–H groups in total. The molecule has 0 aliphatic heterocycles. The maximum atomic E-state index is 10.1. The van der Waals surface area contributed by atoms with Gasteiger partial charge in [-0.15, -0.1) is 0 Å². The van der Waals surface area contributed by atoms with Crippen LogP contribution in [-0.4, -0.2) is 6.29 Å². The normalized spacial score (nSPS) is 9.56. The third-order valence-corrected chi connectivity index (χ3v) is 1.26. The van der Waals surface area contributed by atoms with E-state index in [9.17, 15) is 4.79 Å². The van der Waals surface area contributed by atoms with Gasteiger partial charge in [0, 0.05) is 0 Å². The first-order chi connectivity index (χ1) is 4.24. The molecule has 0 radical (unpaired) electrons. The molecule has 0 atom stereocenters. The smallest absolute Gasteiger partial charge is 0.203 e. The van der Waals surface area contributed by atoms with Crippen molar-refractivity contribution in [3.05, 3.63) is 22.6 Å². The van der Waals surface area contributed by atoms with Gasteiger partial charge in [0.2, 0.25) is 5.22 Å². The number of halogens is 1. The summed E-state index contributed by atoms with van der Waals surface area (Å²) in [5.41, 5.74) is 0.411. The molecule has 0 saturated heterocycles. The molecule has 1 aromatic heterocycles. The molecule has 48 valence electrons. The summed E-state index contributed by atoms with van der Waals surface area (Å²) in [4.78, 5) is 10.1. The Hall–Kier alpha value is -0.760. The van der Waals surface area contributed by atoms with Gasteiger partial charge in [0.25, 0.3) is 0 Å². The number of carbonyl (C=O) groups is 1. The summed E-state index contributed by atoms with van der Waals surface area (Å²) in [7, 11) is 0. The fourth-order valence-electron chi connectivity index (χ4n) is 0.586. The van der Waals surface area contributed by atoms with Gasteiger partial charge in [0.05, 0.1) is 5.56 Å². The van der Waals surface area contributed by atoms with Gasteiger partial charge in [0.1, 0.15) is 5.76 Å². The van der Waals surface area contributed by atoms with Crippen LogP contribution in [0.4, 0.5) is 0 Å². The topological polar surface area (TPSA) is 30.2 Å². The molecule has 1 rings (SSSR count). The first kappa shape index (κ1) is 6.36. The molecule has 0 unspecified atom stereocenters. The van der Waals surface area contributed by atoms with Crippen LogP contribution in [0, 0.1) is 6.92 Å². The Labute approximate surface area is 57.4 Å². The minimum atomic E-state index is 0.169. The van der Waals surface area contributed by atoms with Crippen molar-refractivity contribution in [1.82, 2.24) is 0 Å². The third kappa shape index (κ3) is 1.13. The molecule has 0 amide bonds. The number of hydrogen-bond donors (Lipinski definition) is 0. The zero-order valence-electron chi connectivity index (χ0n) is 4.85. The summed E-state index contributed by atoms with van der Waals surface area (Å²) in [6.07, 6.45) is 0.666. The van der Waals surface area contributed by atoms with Crippen molar-refractivity contribution in [3.8, 4) is 0 Å². The molecule has 1 heterocycles. The van der Waals surface area contributed by atoms with Crippen LogP contribution in [0.25, 0.3) is 0 Å².